The third kappa shape index (κ3) is 3.55. The van der Waals surface area contributed by atoms with Crippen molar-refractivity contribution in [1.82, 2.24) is 9.47 Å². The first-order valence-electron chi connectivity index (χ1n) is 7.14. The van der Waals surface area contributed by atoms with Crippen LogP contribution in [0, 0.1) is 0 Å². The molecule has 5 nitrogen and oxygen atoms in total. The standard InChI is InChI=1S/C15H24N4O/c1-16-12-13-11-14(18(3)15(13)17-2)5-4-6-19-7-9-20-10-8-19/h11-12H,2,4-10H2,1,3H3. The zero-order chi connectivity index (χ0) is 14.4. The molecule has 1 aromatic heterocycles. The van der Waals surface area contributed by atoms with Crippen LogP contribution in [0.3, 0.4) is 0 Å². The minimum atomic E-state index is 0.867. The van der Waals surface area contributed by atoms with Crippen molar-refractivity contribution in [2.24, 2.45) is 17.0 Å². The lowest BCUT2D eigenvalue weighted by molar-refractivity contribution is 0.0374. The van der Waals surface area contributed by atoms with Crippen LogP contribution in [-0.4, -0.2) is 62.3 Å². The van der Waals surface area contributed by atoms with Crippen molar-refractivity contribution < 1.29 is 4.74 Å². The van der Waals surface area contributed by atoms with Gasteiger partial charge in [0.25, 0.3) is 0 Å². The van der Waals surface area contributed by atoms with Crippen LogP contribution in [0.2, 0.25) is 0 Å². The molecule has 0 atom stereocenters. The summed E-state index contributed by atoms with van der Waals surface area (Å²) in [6.07, 6.45) is 4.04. The molecule has 0 unspecified atom stereocenters. The van der Waals surface area contributed by atoms with Gasteiger partial charge >= 0.3 is 0 Å². The molecule has 5 heteroatoms. The van der Waals surface area contributed by atoms with Crippen LogP contribution in [0.15, 0.2) is 16.1 Å². The molecule has 2 rings (SSSR count). The Balaban J connectivity index is 1.93. The first-order valence-corrected chi connectivity index (χ1v) is 7.14. The number of hydrogen-bond acceptors (Lipinski definition) is 4. The largest absolute Gasteiger partial charge is 0.379 e. The van der Waals surface area contributed by atoms with Gasteiger partial charge in [0.1, 0.15) is 5.82 Å². The van der Waals surface area contributed by atoms with E-state index < -0.39 is 0 Å². The minimum Gasteiger partial charge on any atom is -0.379 e. The molecule has 0 amide bonds. The maximum atomic E-state index is 5.36. The molecule has 0 spiro atoms. The van der Waals surface area contributed by atoms with E-state index in [9.17, 15) is 0 Å². The zero-order valence-corrected chi connectivity index (χ0v) is 12.5. The summed E-state index contributed by atoms with van der Waals surface area (Å²) in [5, 5.41) is 0. The van der Waals surface area contributed by atoms with Gasteiger partial charge in [0.2, 0.25) is 0 Å². The second-order valence-corrected chi connectivity index (χ2v) is 5.08. The summed E-state index contributed by atoms with van der Waals surface area (Å²) >= 11 is 0. The van der Waals surface area contributed by atoms with Gasteiger partial charge < -0.3 is 9.30 Å². The molecule has 1 aromatic rings. The van der Waals surface area contributed by atoms with Gasteiger partial charge in [-0.1, -0.05) is 0 Å². The van der Waals surface area contributed by atoms with Crippen LogP contribution in [-0.2, 0) is 18.2 Å². The van der Waals surface area contributed by atoms with Gasteiger partial charge in [-0.05, 0) is 32.2 Å². The van der Waals surface area contributed by atoms with E-state index >= 15 is 0 Å². The molecular formula is C15H24N4O. The average molecular weight is 276 g/mol. The molecular weight excluding hydrogens is 252 g/mol. The Kier molecular flexibility index (Phi) is 5.49. The molecule has 1 fully saturated rings. The number of hydrogen-bond donors (Lipinski definition) is 0. The Morgan fingerprint density at radius 1 is 1.40 bits per heavy atom. The van der Waals surface area contributed by atoms with E-state index in [0.717, 1.165) is 57.1 Å². The number of aryl methyl sites for hydroxylation is 1. The van der Waals surface area contributed by atoms with Crippen LogP contribution in [0.5, 0.6) is 0 Å². The van der Waals surface area contributed by atoms with Crippen molar-refractivity contribution in [2.75, 3.05) is 39.9 Å². The van der Waals surface area contributed by atoms with Gasteiger partial charge in [-0.2, -0.15) is 0 Å². The smallest absolute Gasteiger partial charge is 0.140 e. The summed E-state index contributed by atoms with van der Waals surface area (Å²) < 4.78 is 7.48. The van der Waals surface area contributed by atoms with Crippen molar-refractivity contribution in [3.05, 3.63) is 17.3 Å². The van der Waals surface area contributed by atoms with E-state index in [2.05, 4.69) is 32.2 Å². The van der Waals surface area contributed by atoms with E-state index in [0.29, 0.717) is 0 Å². The summed E-state index contributed by atoms with van der Waals surface area (Å²) in [4.78, 5) is 10.6. The number of aliphatic imine (C=N–C) groups is 2. The SMILES string of the molecule is C=Nc1c(C=NC)cc(CCCN2CCOCC2)n1C. The monoisotopic (exact) mass is 276 g/mol. The van der Waals surface area contributed by atoms with Crippen LogP contribution >= 0.6 is 0 Å². The first-order chi connectivity index (χ1) is 9.76. The van der Waals surface area contributed by atoms with Crippen LogP contribution < -0.4 is 0 Å². The molecule has 1 saturated heterocycles. The second-order valence-electron chi connectivity index (χ2n) is 5.08. The summed E-state index contributed by atoms with van der Waals surface area (Å²) in [6.45, 7) is 8.62. The molecule has 0 aromatic carbocycles. The fourth-order valence-electron chi connectivity index (χ4n) is 2.65. The number of morpholine rings is 1. The lowest BCUT2D eigenvalue weighted by atomic mass is 10.2. The highest BCUT2D eigenvalue weighted by Gasteiger charge is 2.12. The van der Waals surface area contributed by atoms with E-state index in [4.69, 9.17) is 4.74 Å². The molecule has 0 N–H and O–H groups in total. The molecule has 0 bridgehead atoms. The molecule has 20 heavy (non-hydrogen) atoms. The van der Waals surface area contributed by atoms with Gasteiger partial charge in [0.15, 0.2) is 0 Å². The fraction of sp³-hybridized carbons (Fsp3) is 0.600. The van der Waals surface area contributed by atoms with E-state index in [1.807, 2.05) is 13.3 Å². The van der Waals surface area contributed by atoms with Gasteiger partial charge in [-0.3, -0.25) is 9.89 Å². The first kappa shape index (κ1) is 14.9. The van der Waals surface area contributed by atoms with Crippen molar-refractivity contribution in [1.29, 1.82) is 0 Å². The zero-order valence-electron chi connectivity index (χ0n) is 12.5. The number of nitrogens with zero attached hydrogens (tertiary/aromatic N) is 4. The molecule has 1 aliphatic heterocycles. The normalized spacial score (nSPS) is 16.9. The lowest BCUT2D eigenvalue weighted by Crippen LogP contribution is -2.37. The van der Waals surface area contributed by atoms with Gasteiger partial charge in [0.05, 0.1) is 13.2 Å². The van der Waals surface area contributed by atoms with Crippen LogP contribution in [0.25, 0.3) is 0 Å². The van der Waals surface area contributed by atoms with E-state index in [1.54, 1.807) is 7.05 Å². The highest BCUT2D eigenvalue weighted by molar-refractivity contribution is 5.86. The van der Waals surface area contributed by atoms with Crippen molar-refractivity contribution in [3.63, 3.8) is 0 Å². The summed E-state index contributed by atoms with van der Waals surface area (Å²) in [5.74, 6) is 0.900. The second kappa shape index (κ2) is 7.36. The number of aromatic nitrogens is 1. The minimum absolute atomic E-state index is 0.867. The highest BCUT2D eigenvalue weighted by Crippen LogP contribution is 2.22. The molecule has 110 valence electrons. The third-order valence-electron chi connectivity index (χ3n) is 3.76. The highest BCUT2D eigenvalue weighted by atomic mass is 16.5. The van der Waals surface area contributed by atoms with Crippen LogP contribution in [0.1, 0.15) is 17.7 Å². The molecule has 0 aliphatic carbocycles. The topological polar surface area (TPSA) is 42.1 Å². The fourth-order valence-corrected chi connectivity index (χ4v) is 2.65. The van der Waals surface area contributed by atoms with Gasteiger partial charge in [0, 0.05) is 44.7 Å². The van der Waals surface area contributed by atoms with E-state index in [-0.39, 0.29) is 0 Å². The molecule has 1 aliphatic rings. The van der Waals surface area contributed by atoms with Gasteiger partial charge in [-0.25, -0.2) is 4.99 Å². The Labute approximate surface area is 121 Å². The molecule has 0 saturated carbocycles. The average Bonchev–Trinajstić information content (AvgIpc) is 2.76. The lowest BCUT2D eigenvalue weighted by Gasteiger charge is -2.26. The summed E-state index contributed by atoms with van der Waals surface area (Å²) in [5.41, 5.74) is 2.34. The molecule has 2 heterocycles. The van der Waals surface area contributed by atoms with Crippen molar-refractivity contribution in [2.45, 2.75) is 12.8 Å². The molecule has 0 radical (unpaired) electrons. The van der Waals surface area contributed by atoms with E-state index in [1.165, 1.54) is 5.69 Å². The Hall–Kier alpha value is -1.46. The quantitative estimate of drug-likeness (QED) is 0.742. The van der Waals surface area contributed by atoms with Crippen molar-refractivity contribution >= 4 is 18.7 Å². The van der Waals surface area contributed by atoms with Crippen LogP contribution in [0.4, 0.5) is 5.82 Å². The van der Waals surface area contributed by atoms with Crippen molar-refractivity contribution in [3.8, 4) is 0 Å². The summed E-state index contributed by atoms with van der Waals surface area (Å²) in [6, 6.07) is 2.16. The number of ether oxygens (including phenoxy) is 1. The maximum Gasteiger partial charge on any atom is 0.140 e. The number of rotatable bonds is 6. The summed E-state index contributed by atoms with van der Waals surface area (Å²) in [7, 11) is 3.82. The Morgan fingerprint density at radius 3 is 2.80 bits per heavy atom. The maximum absolute atomic E-state index is 5.36. The predicted octanol–water partition coefficient (Wildman–Crippen LogP) is 1.67. The predicted molar refractivity (Wildman–Crippen MR) is 83.7 cm³/mol. The van der Waals surface area contributed by atoms with Gasteiger partial charge in [-0.15, -0.1) is 0 Å². The third-order valence-corrected chi connectivity index (χ3v) is 3.76. The Bertz CT molecular complexity index is 472. The Morgan fingerprint density at radius 2 is 2.15 bits per heavy atom.